The summed E-state index contributed by atoms with van der Waals surface area (Å²) in [5.74, 6) is 0. The first-order valence-corrected chi connectivity index (χ1v) is 5.41. The standard InChI is InChI=1S/C12H10BrNO/c13-10-5-3-4-9(8-10)12(15)11-6-1-2-7-14-11/h1-8,12,15H/t12-/m0/s1. The van der Waals surface area contributed by atoms with Gasteiger partial charge in [-0.1, -0.05) is 34.1 Å². The zero-order valence-corrected chi connectivity index (χ0v) is 9.55. The molecule has 0 radical (unpaired) electrons. The van der Waals surface area contributed by atoms with Gasteiger partial charge >= 0.3 is 0 Å². The molecule has 0 aliphatic heterocycles. The van der Waals surface area contributed by atoms with E-state index < -0.39 is 6.10 Å². The second kappa shape index (κ2) is 4.55. The lowest BCUT2D eigenvalue weighted by atomic mass is 10.1. The van der Waals surface area contributed by atoms with E-state index in [1.165, 1.54) is 0 Å². The van der Waals surface area contributed by atoms with E-state index in [4.69, 9.17) is 0 Å². The number of nitrogens with zero attached hydrogens (tertiary/aromatic N) is 1. The first kappa shape index (κ1) is 10.3. The van der Waals surface area contributed by atoms with Crippen LogP contribution in [0.25, 0.3) is 0 Å². The maximum Gasteiger partial charge on any atom is 0.121 e. The molecule has 0 saturated carbocycles. The van der Waals surface area contributed by atoms with Gasteiger partial charge in [0.2, 0.25) is 0 Å². The van der Waals surface area contributed by atoms with Gasteiger partial charge in [0.1, 0.15) is 6.10 Å². The summed E-state index contributed by atoms with van der Waals surface area (Å²) in [4.78, 5) is 4.12. The summed E-state index contributed by atoms with van der Waals surface area (Å²) in [6.07, 6.45) is 1.01. The molecule has 2 nitrogen and oxygen atoms in total. The van der Waals surface area contributed by atoms with E-state index in [-0.39, 0.29) is 0 Å². The Balaban J connectivity index is 2.32. The zero-order chi connectivity index (χ0) is 10.7. The van der Waals surface area contributed by atoms with Gasteiger partial charge in [0.25, 0.3) is 0 Å². The predicted molar refractivity (Wildman–Crippen MR) is 62.4 cm³/mol. The number of halogens is 1. The van der Waals surface area contributed by atoms with Crippen LogP contribution < -0.4 is 0 Å². The monoisotopic (exact) mass is 263 g/mol. The quantitative estimate of drug-likeness (QED) is 0.904. The van der Waals surface area contributed by atoms with Crippen molar-refractivity contribution >= 4 is 15.9 Å². The van der Waals surface area contributed by atoms with E-state index in [1.54, 1.807) is 6.20 Å². The number of aliphatic hydroxyl groups is 1. The fourth-order valence-corrected chi connectivity index (χ4v) is 1.80. The first-order chi connectivity index (χ1) is 7.27. The molecular formula is C12H10BrNO. The van der Waals surface area contributed by atoms with Crippen LogP contribution >= 0.6 is 15.9 Å². The van der Waals surface area contributed by atoms with Crippen molar-refractivity contribution in [3.05, 3.63) is 64.4 Å². The fraction of sp³-hybridized carbons (Fsp3) is 0.0833. The van der Waals surface area contributed by atoms with Crippen LogP contribution in [0.15, 0.2) is 53.1 Å². The summed E-state index contributed by atoms with van der Waals surface area (Å²) in [5.41, 5.74) is 1.50. The Morgan fingerprint density at radius 2 is 2.00 bits per heavy atom. The number of hydrogen-bond donors (Lipinski definition) is 1. The van der Waals surface area contributed by atoms with Crippen molar-refractivity contribution in [2.75, 3.05) is 0 Å². The van der Waals surface area contributed by atoms with Crippen molar-refractivity contribution in [3.63, 3.8) is 0 Å². The molecule has 0 amide bonds. The minimum Gasteiger partial charge on any atom is -0.382 e. The highest BCUT2D eigenvalue weighted by Crippen LogP contribution is 2.22. The van der Waals surface area contributed by atoms with Gasteiger partial charge in [0, 0.05) is 10.7 Å². The van der Waals surface area contributed by atoms with Crippen LogP contribution in [0.3, 0.4) is 0 Å². The van der Waals surface area contributed by atoms with Crippen LogP contribution in [-0.2, 0) is 0 Å². The summed E-state index contributed by atoms with van der Waals surface area (Å²) in [6, 6.07) is 13.1. The molecule has 1 aromatic heterocycles. The molecule has 1 N–H and O–H groups in total. The van der Waals surface area contributed by atoms with E-state index in [2.05, 4.69) is 20.9 Å². The van der Waals surface area contributed by atoms with Crippen LogP contribution in [0.4, 0.5) is 0 Å². The first-order valence-electron chi connectivity index (χ1n) is 4.62. The molecule has 15 heavy (non-hydrogen) atoms. The fourth-order valence-electron chi connectivity index (χ4n) is 1.39. The largest absolute Gasteiger partial charge is 0.382 e. The lowest BCUT2D eigenvalue weighted by molar-refractivity contribution is 0.215. The number of pyridine rings is 1. The SMILES string of the molecule is O[C@@H](c1cccc(Br)c1)c1ccccn1. The van der Waals surface area contributed by atoms with E-state index >= 15 is 0 Å². The minimum atomic E-state index is -0.663. The van der Waals surface area contributed by atoms with Gasteiger partial charge in [0.15, 0.2) is 0 Å². The highest BCUT2D eigenvalue weighted by Gasteiger charge is 2.10. The Morgan fingerprint density at radius 1 is 1.13 bits per heavy atom. The van der Waals surface area contributed by atoms with Gasteiger partial charge in [-0.15, -0.1) is 0 Å². The van der Waals surface area contributed by atoms with Crippen molar-refractivity contribution in [1.82, 2.24) is 4.98 Å². The number of hydrogen-bond acceptors (Lipinski definition) is 2. The van der Waals surface area contributed by atoms with Gasteiger partial charge in [0.05, 0.1) is 5.69 Å². The second-order valence-electron chi connectivity index (χ2n) is 3.21. The number of benzene rings is 1. The molecule has 1 heterocycles. The Kier molecular flexibility index (Phi) is 3.14. The second-order valence-corrected chi connectivity index (χ2v) is 4.13. The lowest BCUT2D eigenvalue weighted by Gasteiger charge is -2.10. The number of aliphatic hydroxyl groups excluding tert-OH is 1. The Bertz CT molecular complexity index is 444. The molecule has 0 spiro atoms. The Morgan fingerprint density at radius 3 is 2.67 bits per heavy atom. The average Bonchev–Trinajstić information content (AvgIpc) is 2.29. The van der Waals surface area contributed by atoms with E-state index in [9.17, 15) is 5.11 Å². The highest BCUT2D eigenvalue weighted by molar-refractivity contribution is 9.10. The molecule has 0 aliphatic carbocycles. The minimum absolute atomic E-state index is 0.663. The third-order valence-electron chi connectivity index (χ3n) is 2.13. The molecule has 0 saturated heterocycles. The number of rotatable bonds is 2. The maximum absolute atomic E-state index is 10.0. The normalized spacial score (nSPS) is 12.4. The van der Waals surface area contributed by atoms with Gasteiger partial charge in [-0.2, -0.15) is 0 Å². The number of aromatic nitrogens is 1. The predicted octanol–water partition coefficient (Wildman–Crippen LogP) is 2.93. The zero-order valence-electron chi connectivity index (χ0n) is 7.97. The molecule has 2 aromatic rings. The Labute approximate surface area is 96.7 Å². The molecule has 0 fully saturated rings. The molecule has 1 atom stereocenters. The van der Waals surface area contributed by atoms with E-state index in [0.29, 0.717) is 5.69 Å². The van der Waals surface area contributed by atoms with Crippen LogP contribution in [0.1, 0.15) is 17.4 Å². The molecule has 3 heteroatoms. The van der Waals surface area contributed by atoms with Crippen LogP contribution in [-0.4, -0.2) is 10.1 Å². The molecule has 76 valence electrons. The smallest absolute Gasteiger partial charge is 0.121 e. The van der Waals surface area contributed by atoms with Crippen molar-refractivity contribution in [1.29, 1.82) is 0 Å². The van der Waals surface area contributed by atoms with Crippen LogP contribution in [0.5, 0.6) is 0 Å². The lowest BCUT2D eigenvalue weighted by Crippen LogP contribution is -2.01. The summed E-state index contributed by atoms with van der Waals surface area (Å²) in [7, 11) is 0. The third-order valence-corrected chi connectivity index (χ3v) is 2.63. The molecule has 0 aliphatic rings. The summed E-state index contributed by atoms with van der Waals surface area (Å²) < 4.78 is 0.954. The highest BCUT2D eigenvalue weighted by atomic mass is 79.9. The molecule has 2 rings (SSSR count). The summed E-state index contributed by atoms with van der Waals surface area (Å²) >= 11 is 3.37. The molecular weight excluding hydrogens is 254 g/mol. The van der Waals surface area contributed by atoms with Crippen molar-refractivity contribution in [2.24, 2.45) is 0 Å². The van der Waals surface area contributed by atoms with E-state index in [0.717, 1.165) is 10.0 Å². The van der Waals surface area contributed by atoms with Crippen molar-refractivity contribution < 1.29 is 5.11 Å². The topological polar surface area (TPSA) is 33.1 Å². The molecule has 0 bridgehead atoms. The van der Waals surface area contributed by atoms with Gasteiger partial charge < -0.3 is 5.11 Å². The maximum atomic E-state index is 10.0. The van der Waals surface area contributed by atoms with Crippen molar-refractivity contribution in [2.45, 2.75) is 6.10 Å². The van der Waals surface area contributed by atoms with Crippen LogP contribution in [0, 0.1) is 0 Å². The Hall–Kier alpha value is -1.19. The van der Waals surface area contributed by atoms with Gasteiger partial charge in [-0.05, 0) is 29.8 Å². The van der Waals surface area contributed by atoms with Crippen molar-refractivity contribution in [3.8, 4) is 0 Å². The van der Waals surface area contributed by atoms with Gasteiger partial charge in [-0.25, -0.2) is 0 Å². The van der Waals surface area contributed by atoms with E-state index in [1.807, 2.05) is 42.5 Å². The summed E-state index contributed by atoms with van der Waals surface area (Å²) in [6.45, 7) is 0. The summed E-state index contributed by atoms with van der Waals surface area (Å²) in [5, 5.41) is 10.0. The third kappa shape index (κ3) is 2.43. The average molecular weight is 264 g/mol. The van der Waals surface area contributed by atoms with Gasteiger partial charge in [-0.3, -0.25) is 4.98 Å². The van der Waals surface area contributed by atoms with Crippen LogP contribution in [0.2, 0.25) is 0 Å². The molecule has 0 unspecified atom stereocenters. The molecule has 1 aromatic carbocycles.